The highest BCUT2D eigenvalue weighted by atomic mass is 35.5. The molecule has 0 aliphatic carbocycles. The van der Waals surface area contributed by atoms with Crippen molar-refractivity contribution in [2.45, 2.75) is 17.7 Å². The predicted octanol–water partition coefficient (Wildman–Crippen LogP) is 3.01. The van der Waals surface area contributed by atoms with E-state index in [0.29, 0.717) is 5.02 Å². The molecule has 0 saturated carbocycles. The summed E-state index contributed by atoms with van der Waals surface area (Å²) in [6.45, 7) is 2.31. The zero-order chi connectivity index (χ0) is 11.4. The van der Waals surface area contributed by atoms with Gasteiger partial charge in [-0.15, -0.1) is 11.8 Å². The number of hydrogen-bond acceptors (Lipinski definition) is 3. The van der Waals surface area contributed by atoms with Crippen molar-refractivity contribution in [3.8, 4) is 0 Å². The molecule has 0 bridgehead atoms. The number of halogens is 1. The van der Waals surface area contributed by atoms with Crippen LogP contribution in [0.4, 0.5) is 5.69 Å². The monoisotopic (exact) mass is 256 g/mol. The summed E-state index contributed by atoms with van der Waals surface area (Å²) in [5.41, 5.74) is 6.72. The van der Waals surface area contributed by atoms with E-state index in [9.17, 15) is 0 Å². The summed E-state index contributed by atoms with van der Waals surface area (Å²) in [7, 11) is 0. The molecule has 3 N–H and O–H groups in total. The van der Waals surface area contributed by atoms with E-state index in [1.807, 2.05) is 30.0 Å². The first-order chi connectivity index (χ1) is 7.75. The average Bonchev–Trinajstić information content (AvgIpc) is 2.29. The minimum atomic E-state index is 0.712. The lowest BCUT2D eigenvalue weighted by Gasteiger charge is -2.22. The second kappa shape index (κ2) is 5.80. The van der Waals surface area contributed by atoms with Gasteiger partial charge in [0.2, 0.25) is 0 Å². The highest BCUT2D eigenvalue weighted by molar-refractivity contribution is 7.99. The third-order valence-corrected chi connectivity index (χ3v) is 4.46. The number of rotatable bonds is 3. The van der Waals surface area contributed by atoms with Gasteiger partial charge in [-0.3, -0.25) is 0 Å². The molecule has 1 aromatic carbocycles. The Hall–Kier alpha value is -0.380. The topological polar surface area (TPSA) is 38.0 Å². The minimum Gasteiger partial charge on any atom is -0.398 e. The molecule has 1 saturated heterocycles. The van der Waals surface area contributed by atoms with Crippen LogP contribution in [-0.2, 0) is 0 Å². The molecule has 4 heteroatoms. The van der Waals surface area contributed by atoms with Crippen molar-refractivity contribution in [2.24, 2.45) is 5.92 Å². The lowest BCUT2D eigenvalue weighted by atomic mass is 10.0. The second-order valence-corrected chi connectivity index (χ2v) is 5.68. The fourth-order valence-electron chi connectivity index (χ4n) is 1.91. The molecule has 0 unspecified atom stereocenters. The lowest BCUT2D eigenvalue weighted by molar-refractivity contribution is 0.408. The van der Waals surface area contributed by atoms with Crippen molar-refractivity contribution in [1.29, 1.82) is 0 Å². The Balaban J connectivity index is 1.88. The van der Waals surface area contributed by atoms with Gasteiger partial charge < -0.3 is 11.1 Å². The third kappa shape index (κ3) is 3.30. The van der Waals surface area contributed by atoms with E-state index in [1.54, 1.807) is 0 Å². The SMILES string of the molecule is Nc1cc(Cl)ccc1SCC1CCNCC1. The van der Waals surface area contributed by atoms with Crippen LogP contribution in [0.25, 0.3) is 0 Å². The number of thioether (sulfide) groups is 1. The van der Waals surface area contributed by atoms with Gasteiger partial charge in [-0.25, -0.2) is 0 Å². The maximum absolute atomic E-state index is 5.92. The number of nitrogens with one attached hydrogen (secondary N) is 1. The minimum absolute atomic E-state index is 0.712. The summed E-state index contributed by atoms with van der Waals surface area (Å²) >= 11 is 7.72. The zero-order valence-corrected chi connectivity index (χ0v) is 10.8. The number of anilines is 1. The fourth-order valence-corrected chi connectivity index (χ4v) is 3.23. The molecule has 1 aliphatic rings. The lowest BCUT2D eigenvalue weighted by Crippen LogP contribution is -2.28. The number of hydrogen-bond donors (Lipinski definition) is 2. The highest BCUT2D eigenvalue weighted by Gasteiger charge is 2.13. The van der Waals surface area contributed by atoms with Crippen LogP contribution in [0.5, 0.6) is 0 Å². The number of nitrogens with two attached hydrogens (primary N) is 1. The normalized spacial score (nSPS) is 17.6. The highest BCUT2D eigenvalue weighted by Crippen LogP contribution is 2.30. The Bertz CT molecular complexity index is 351. The van der Waals surface area contributed by atoms with Gasteiger partial charge in [0.25, 0.3) is 0 Å². The van der Waals surface area contributed by atoms with Crippen LogP contribution < -0.4 is 11.1 Å². The Labute approximate surface area is 106 Å². The van der Waals surface area contributed by atoms with Gasteiger partial charge in [-0.1, -0.05) is 11.6 Å². The van der Waals surface area contributed by atoms with E-state index < -0.39 is 0 Å². The van der Waals surface area contributed by atoms with E-state index >= 15 is 0 Å². The quantitative estimate of drug-likeness (QED) is 0.645. The largest absolute Gasteiger partial charge is 0.398 e. The Kier molecular flexibility index (Phi) is 4.38. The van der Waals surface area contributed by atoms with Crippen LogP contribution in [-0.4, -0.2) is 18.8 Å². The number of benzene rings is 1. The van der Waals surface area contributed by atoms with Gasteiger partial charge in [0.1, 0.15) is 0 Å². The van der Waals surface area contributed by atoms with Gasteiger partial charge in [-0.2, -0.15) is 0 Å². The van der Waals surface area contributed by atoms with E-state index in [-0.39, 0.29) is 0 Å². The van der Waals surface area contributed by atoms with Gasteiger partial charge in [0.05, 0.1) is 0 Å². The van der Waals surface area contributed by atoms with Crippen molar-refractivity contribution >= 4 is 29.1 Å². The van der Waals surface area contributed by atoms with Gasteiger partial charge >= 0.3 is 0 Å². The van der Waals surface area contributed by atoms with Crippen LogP contribution in [0, 0.1) is 5.92 Å². The molecule has 16 heavy (non-hydrogen) atoms. The molecule has 88 valence electrons. The molecule has 2 nitrogen and oxygen atoms in total. The molecule has 1 heterocycles. The van der Waals surface area contributed by atoms with Crippen molar-refractivity contribution in [2.75, 3.05) is 24.6 Å². The molecule has 2 rings (SSSR count). The Morgan fingerprint density at radius 3 is 2.81 bits per heavy atom. The van der Waals surface area contributed by atoms with Gasteiger partial charge in [0.15, 0.2) is 0 Å². The first kappa shape index (κ1) is 12.1. The standard InChI is InChI=1S/C12H17ClN2S/c13-10-1-2-12(11(14)7-10)16-8-9-3-5-15-6-4-9/h1-2,7,9,15H,3-6,8,14H2. The summed E-state index contributed by atoms with van der Waals surface area (Å²) in [4.78, 5) is 1.16. The molecular formula is C12H17ClN2S. The second-order valence-electron chi connectivity index (χ2n) is 4.19. The molecule has 0 radical (unpaired) electrons. The van der Waals surface area contributed by atoms with E-state index in [1.165, 1.54) is 12.8 Å². The third-order valence-electron chi connectivity index (χ3n) is 2.91. The number of piperidine rings is 1. The summed E-state index contributed by atoms with van der Waals surface area (Å²) in [6.07, 6.45) is 2.56. The van der Waals surface area contributed by atoms with Crippen LogP contribution >= 0.6 is 23.4 Å². The molecular weight excluding hydrogens is 240 g/mol. The van der Waals surface area contributed by atoms with Gasteiger partial charge in [-0.05, 0) is 50.0 Å². The first-order valence-corrected chi connectivity index (χ1v) is 7.00. The number of nitrogen functional groups attached to an aromatic ring is 1. The van der Waals surface area contributed by atoms with Gasteiger partial charge in [0, 0.05) is 21.4 Å². The van der Waals surface area contributed by atoms with Crippen molar-refractivity contribution in [3.63, 3.8) is 0 Å². The maximum atomic E-state index is 5.92. The summed E-state index contributed by atoms with van der Waals surface area (Å²) in [5.74, 6) is 1.98. The smallest absolute Gasteiger partial charge is 0.0467 e. The van der Waals surface area contributed by atoms with E-state index in [4.69, 9.17) is 17.3 Å². The molecule has 0 aromatic heterocycles. The average molecular weight is 257 g/mol. The molecule has 0 amide bonds. The maximum Gasteiger partial charge on any atom is 0.0467 e. The molecule has 1 aromatic rings. The van der Waals surface area contributed by atoms with E-state index in [0.717, 1.165) is 35.3 Å². The van der Waals surface area contributed by atoms with Crippen LogP contribution in [0.3, 0.4) is 0 Å². The van der Waals surface area contributed by atoms with Crippen molar-refractivity contribution in [1.82, 2.24) is 5.32 Å². The zero-order valence-electron chi connectivity index (χ0n) is 9.21. The predicted molar refractivity (Wildman–Crippen MR) is 72.2 cm³/mol. The molecule has 1 aliphatic heterocycles. The van der Waals surface area contributed by atoms with Crippen LogP contribution in [0.1, 0.15) is 12.8 Å². The summed E-state index contributed by atoms with van der Waals surface area (Å²) in [5, 5.41) is 4.09. The molecule has 0 spiro atoms. The van der Waals surface area contributed by atoms with Crippen molar-refractivity contribution in [3.05, 3.63) is 23.2 Å². The summed E-state index contributed by atoms with van der Waals surface area (Å²) < 4.78 is 0. The van der Waals surface area contributed by atoms with E-state index in [2.05, 4.69) is 5.32 Å². The van der Waals surface area contributed by atoms with Crippen molar-refractivity contribution < 1.29 is 0 Å². The summed E-state index contributed by atoms with van der Waals surface area (Å²) in [6, 6.07) is 5.75. The Morgan fingerprint density at radius 2 is 2.12 bits per heavy atom. The fraction of sp³-hybridized carbons (Fsp3) is 0.500. The Morgan fingerprint density at radius 1 is 1.38 bits per heavy atom. The molecule has 0 atom stereocenters. The van der Waals surface area contributed by atoms with Crippen LogP contribution in [0.15, 0.2) is 23.1 Å². The molecule has 1 fully saturated rings. The first-order valence-electron chi connectivity index (χ1n) is 5.64. The van der Waals surface area contributed by atoms with Crippen LogP contribution in [0.2, 0.25) is 5.02 Å².